The summed E-state index contributed by atoms with van der Waals surface area (Å²) < 4.78 is 309. The van der Waals surface area contributed by atoms with Crippen molar-refractivity contribution in [2.75, 3.05) is 6.61 Å². The molecule has 4 aromatic carbocycles. The van der Waals surface area contributed by atoms with Gasteiger partial charge >= 0.3 is 0 Å². The van der Waals surface area contributed by atoms with Crippen LogP contribution in [0.15, 0.2) is 30.5 Å². The smallest absolute Gasteiger partial charge is 0.204 e. The number of nitrogens with one attached hydrogen (secondary N) is 2. The van der Waals surface area contributed by atoms with Crippen molar-refractivity contribution in [2.24, 2.45) is 0 Å². The number of ether oxygens (including phenoxy) is 2. The fraction of sp³-hybridized carbons (Fsp3) is 0.132. The van der Waals surface area contributed by atoms with E-state index >= 15 is 70.2 Å². The van der Waals surface area contributed by atoms with Gasteiger partial charge in [0.2, 0.25) is 29.1 Å². The summed E-state index contributed by atoms with van der Waals surface area (Å²) >= 11 is 0. The van der Waals surface area contributed by atoms with E-state index in [0.29, 0.717) is 53.3 Å². The Hall–Kier alpha value is -9.11. The number of aromatic nitrogens is 7. The first-order chi connectivity index (χ1) is 40.3. The fourth-order valence-electron chi connectivity index (χ4n) is 9.64. The highest BCUT2D eigenvalue weighted by Crippen LogP contribution is 2.46. The molecule has 0 aliphatic carbocycles. The van der Waals surface area contributed by atoms with Crippen molar-refractivity contribution in [3.63, 3.8) is 0 Å². The van der Waals surface area contributed by atoms with Crippen LogP contribution < -0.4 is 4.74 Å². The Balaban J connectivity index is 1.22. The summed E-state index contributed by atoms with van der Waals surface area (Å²) in [5, 5.41) is 47.6. The van der Waals surface area contributed by atoms with E-state index in [1.54, 1.807) is 0 Å². The zero-order chi connectivity index (χ0) is 61.3. The molecule has 0 spiro atoms. The van der Waals surface area contributed by atoms with E-state index in [9.17, 15) is 33.6 Å². The van der Waals surface area contributed by atoms with Crippen LogP contribution in [-0.2, 0) is 11.3 Å². The van der Waals surface area contributed by atoms with E-state index in [0.717, 1.165) is 6.20 Å². The fourth-order valence-corrected chi connectivity index (χ4v) is 9.64. The molecule has 0 saturated carbocycles. The van der Waals surface area contributed by atoms with Crippen LogP contribution in [0.5, 0.6) is 5.75 Å². The standard InChI is InChI=1S/C53H24F19N7O6/c54-30-26(31(55)39(63)44(68)38(30)62)22-13-1-3-15(73-13)23(27-32(56)40(64)45(69)41(65)33(27)57)17-5-7-19(75-17)25(20-8-6-18(76-20)24(16-4-2-14(22)74-16)28-34(58)42(66)46(70)43(67)35(28)59)29-36(60)47(71)52(48(72)37(29)61)84-11-12-9-79(78-77-12)53-51(83)50(82)49(81)21(10-80)85-53/h1-9,21,49-51,53,73,76,80-83H,10-11H2/t21-,49-,50+,51-,53-/m1/s1. The molecule has 11 rings (SSSR count). The first kappa shape index (κ1) is 57.7. The average Bonchev–Trinajstić information content (AvgIpc) is 2.13. The molecule has 6 N–H and O–H groups in total. The topological polar surface area (TPSA) is 187 Å². The van der Waals surface area contributed by atoms with Gasteiger partial charge in [-0.05, 0) is 48.6 Å². The van der Waals surface area contributed by atoms with Gasteiger partial charge in [0.1, 0.15) is 36.7 Å². The Morgan fingerprint density at radius 1 is 0.412 bits per heavy atom. The van der Waals surface area contributed by atoms with Crippen molar-refractivity contribution < 1.29 is 113 Å². The third-order valence-corrected chi connectivity index (χ3v) is 13.7. The zero-order valence-electron chi connectivity index (χ0n) is 41.0. The van der Waals surface area contributed by atoms with Gasteiger partial charge in [-0.2, -0.15) is 8.78 Å². The molecule has 3 aliphatic rings. The van der Waals surface area contributed by atoms with Crippen molar-refractivity contribution in [3.8, 4) is 50.3 Å². The predicted molar refractivity (Wildman–Crippen MR) is 253 cm³/mol. The molecule has 13 nitrogen and oxygen atoms in total. The molecule has 0 unspecified atom stereocenters. The second-order valence-electron chi connectivity index (χ2n) is 18.5. The van der Waals surface area contributed by atoms with Crippen LogP contribution >= 0.6 is 0 Å². The maximum atomic E-state index is 17.0. The zero-order valence-corrected chi connectivity index (χ0v) is 41.0. The molecule has 3 aliphatic heterocycles. The van der Waals surface area contributed by atoms with E-state index < -0.39 is 255 Å². The molecular formula is C53H24F19N7O6. The van der Waals surface area contributed by atoms with Gasteiger partial charge in [0.25, 0.3) is 0 Å². The number of halogens is 19. The first-order valence-electron chi connectivity index (χ1n) is 23.7. The average molecular weight is 1220 g/mol. The van der Waals surface area contributed by atoms with Gasteiger partial charge in [0.05, 0.1) is 57.8 Å². The highest BCUT2D eigenvalue weighted by Gasteiger charge is 2.45. The number of rotatable bonds is 9. The Morgan fingerprint density at radius 3 is 1.04 bits per heavy atom. The summed E-state index contributed by atoms with van der Waals surface area (Å²) in [7, 11) is 0. The number of fused-ring (bicyclic) bond motifs is 8. The van der Waals surface area contributed by atoms with Crippen molar-refractivity contribution in [1.29, 1.82) is 0 Å². The minimum atomic E-state index is -2.74. The molecule has 1 saturated heterocycles. The van der Waals surface area contributed by atoms with Crippen LogP contribution in [0, 0.1) is 111 Å². The minimum Gasteiger partial charge on any atom is -0.481 e. The van der Waals surface area contributed by atoms with Crippen molar-refractivity contribution >= 4 is 46.4 Å². The van der Waals surface area contributed by atoms with Crippen LogP contribution in [0.3, 0.4) is 0 Å². The van der Waals surface area contributed by atoms with Gasteiger partial charge in [0.15, 0.2) is 93.4 Å². The Kier molecular flexibility index (Phi) is 14.4. The number of benzene rings is 4. The predicted octanol–water partition coefficient (Wildman–Crippen LogP) is 11.1. The monoisotopic (exact) mass is 1220 g/mol. The van der Waals surface area contributed by atoms with E-state index in [4.69, 9.17) is 9.47 Å². The summed E-state index contributed by atoms with van der Waals surface area (Å²) in [4.78, 5) is 12.6. The lowest BCUT2D eigenvalue weighted by Gasteiger charge is -2.39. The van der Waals surface area contributed by atoms with Crippen LogP contribution in [0.25, 0.3) is 90.9 Å². The maximum absolute atomic E-state index is 17.0. The normalized spacial score (nSPS) is 17.7. The number of hydrogen-bond acceptors (Lipinski definition) is 10. The number of nitrogens with zero attached hydrogens (tertiary/aromatic N) is 5. The van der Waals surface area contributed by atoms with Gasteiger partial charge in [-0.1, -0.05) is 5.21 Å². The summed E-state index contributed by atoms with van der Waals surface area (Å²) in [5.41, 5.74) is -21.2. The number of aromatic amines is 2. The lowest BCUT2D eigenvalue weighted by Crippen LogP contribution is -2.56. The van der Waals surface area contributed by atoms with E-state index in [-0.39, 0.29) is 0 Å². The third kappa shape index (κ3) is 8.95. The van der Waals surface area contributed by atoms with E-state index in [2.05, 4.69) is 30.2 Å². The Morgan fingerprint density at radius 2 is 0.718 bits per heavy atom. The molecule has 85 heavy (non-hydrogen) atoms. The Bertz CT molecular complexity index is 4270. The molecule has 32 heteroatoms. The lowest BCUT2D eigenvalue weighted by molar-refractivity contribution is -0.254. The SMILES string of the molecule is OC[C@H]1O[C@@H](n2cc(COc3c(F)c(F)c(-c4c5nc(c(-c6c(F)c(F)c(F)c(F)c6F)c6ccc([nH]6)c(-c6c(F)c(F)c(F)c(F)c6F)c6nc(c(-c7c(F)c(F)c(F)c(F)c7F)c7ccc4[nH]7)C=C6)C=C5)c(F)c3F)nn2)[C@H](O)[C@@H](O)[C@@H]1O. The van der Waals surface area contributed by atoms with Crippen molar-refractivity contribution in [3.05, 3.63) is 169 Å². The summed E-state index contributed by atoms with van der Waals surface area (Å²) in [6, 6.07) is 2.52. The van der Waals surface area contributed by atoms with Crippen molar-refractivity contribution in [2.45, 2.75) is 37.3 Å². The maximum Gasteiger partial charge on any atom is 0.204 e. The van der Waals surface area contributed by atoms with Crippen molar-refractivity contribution in [1.82, 2.24) is 34.9 Å². The molecule has 8 bridgehead atoms. The molecule has 0 radical (unpaired) electrons. The summed E-state index contributed by atoms with van der Waals surface area (Å²) in [6.07, 6.45) is -5.58. The van der Waals surface area contributed by atoms with Gasteiger partial charge in [-0.15, -0.1) is 5.10 Å². The highest BCUT2D eigenvalue weighted by molar-refractivity contribution is 6.00. The Labute approximate surface area is 457 Å². The summed E-state index contributed by atoms with van der Waals surface area (Å²) in [5.74, 6) is -51.3. The number of aliphatic hydroxyl groups is 4. The molecule has 4 aromatic heterocycles. The van der Waals surface area contributed by atoms with Gasteiger partial charge in [0, 0.05) is 44.3 Å². The van der Waals surface area contributed by atoms with Crippen LogP contribution in [-0.4, -0.2) is 86.4 Å². The lowest BCUT2D eigenvalue weighted by atomic mass is 9.98. The largest absolute Gasteiger partial charge is 0.481 e. The second kappa shape index (κ2) is 21.2. The number of H-pyrrole nitrogens is 2. The number of aliphatic hydroxyl groups excluding tert-OH is 4. The molecular weight excluding hydrogens is 1190 g/mol. The summed E-state index contributed by atoms with van der Waals surface area (Å²) in [6.45, 7) is -2.02. The molecule has 0 amide bonds. The van der Waals surface area contributed by atoms with Crippen LogP contribution in [0.1, 0.15) is 34.7 Å². The van der Waals surface area contributed by atoms with Gasteiger partial charge < -0.3 is 39.9 Å². The molecule has 440 valence electrons. The quantitative estimate of drug-likeness (QED) is 0.0461. The highest BCUT2D eigenvalue weighted by atomic mass is 19.2. The van der Waals surface area contributed by atoms with Gasteiger partial charge in [-0.25, -0.2) is 89.3 Å². The third-order valence-electron chi connectivity index (χ3n) is 13.7. The molecule has 1 fully saturated rings. The molecule has 8 aromatic rings. The number of hydrogen-bond donors (Lipinski definition) is 6. The van der Waals surface area contributed by atoms with E-state index in [1.165, 1.54) is 0 Å². The van der Waals surface area contributed by atoms with Crippen LogP contribution in [0.4, 0.5) is 83.4 Å². The first-order valence-corrected chi connectivity index (χ1v) is 23.7. The molecule has 5 atom stereocenters. The van der Waals surface area contributed by atoms with Gasteiger partial charge in [-0.3, -0.25) is 0 Å². The van der Waals surface area contributed by atoms with E-state index in [1.807, 2.05) is 0 Å². The second-order valence-corrected chi connectivity index (χ2v) is 18.5. The molecule has 7 heterocycles. The minimum absolute atomic E-state index is 0.450. The van der Waals surface area contributed by atoms with Crippen LogP contribution in [0.2, 0.25) is 0 Å².